The zero-order chi connectivity index (χ0) is 20.2. The van der Waals surface area contributed by atoms with E-state index >= 15 is 0 Å². The number of halogens is 4. The number of hydrogen-bond donors (Lipinski definition) is 2. The second kappa shape index (κ2) is 13.9. The molecule has 0 atom stereocenters. The molecule has 1 aliphatic heterocycles. The van der Waals surface area contributed by atoms with Crippen LogP contribution in [0.2, 0.25) is 0 Å². The molecule has 1 aliphatic rings. The van der Waals surface area contributed by atoms with Gasteiger partial charge in [0.2, 0.25) is 0 Å². The first-order valence-corrected chi connectivity index (χ1v) is 9.49. The maximum Gasteiger partial charge on any atom is 0.422 e. The summed E-state index contributed by atoms with van der Waals surface area (Å²) in [6.07, 6.45) is -2.17. The molecule has 1 heterocycles. The van der Waals surface area contributed by atoms with E-state index in [4.69, 9.17) is 9.47 Å². The molecule has 0 amide bonds. The topological polar surface area (TPSA) is 58.1 Å². The summed E-state index contributed by atoms with van der Waals surface area (Å²) in [5.74, 6) is 0.896. The van der Waals surface area contributed by atoms with Crippen molar-refractivity contribution < 1.29 is 22.6 Å². The zero-order valence-corrected chi connectivity index (χ0v) is 19.0. The van der Waals surface area contributed by atoms with E-state index in [0.717, 1.165) is 57.8 Å². The smallest absolute Gasteiger partial charge is 0.422 e. The number of rotatable bonds is 9. The summed E-state index contributed by atoms with van der Waals surface area (Å²) < 4.78 is 46.5. The average Bonchev–Trinajstić information content (AvgIpc) is 2.69. The Balaban J connectivity index is 0.00000420. The van der Waals surface area contributed by atoms with Crippen molar-refractivity contribution in [3.05, 3.63) is 29.8 Å². The van der Waals surface area contributed by atoms with Gasteiger partial charge in [-0.05, 0) is 37.1 Å². The summed E-state index contributed by atoms with van der Waals surface area (Å²) in [7, 11) is 1.71. The third-order valence-corrected chi connectivity index (χ3v) is 4.31. The van der Waals surface area contributed by atoms with E-state index in [2.05, 4.69) is 20.5 Å². The molecule has 1 aromatic carbocycles. The highest BCUT2D eigenvalue weighted by Crippen LogP contribution is 2.18. The van der Waals surface area contributed by atoms with Crippen LogP contribution in [-0.4, -0.2) is 70.1 Å². The molecule has 0 unspecified atom stereocenters. The molecule has 0 spiro atoms. The molecule has 2 N–H and O–H groups in total. The molecule has 0 aromatic heterocycles. The minimum atomic E-state index is -4.33. The van der Waals surface area contributed by atoms with Crippen LogP contribution in [0.5, 0.6) is 5.75 Å². The van der Waals surface area contributed by atoms with Gasteiger partial charge in [-0.25, -0.2) is 0 Å². The second-order valence-electron chi connectivity index (χ2n) is 6.56. The van der Waals surface area contributed by atoms with Crippen molar-refractivity contribution in [1.29, 1.82) is 0 Å². The molecule has 0 aliphatic carbocycles. The van der Waals surface area contributed by atoms with Crippen LogP contribution in [0.3, 0.4) is 0 Å². The fraction of sp³-hybridized carbons (Fsp3) is 0.632. The molecule has 166 valence electrons. The van der Waals surface area contributed by atoms with Gasteiger partial charge >= 0.3 is 6.18 Å². The Morgan fingerprint density at radius 3 is 2.45 bits per heavy atom. The summed E-state index contributed by atoms with van der Waals surface area (Å²) >= 11 is 0. The number of unbranched alkanes of at least 4 members (excludes halogenated alkanes) is 1. The molecule has 0 radical (unpaired) electrons. The van der Waals surface area contributed by atoms with Crippen LogP contribution in [0.25, 0.3) is 0 Å². The number of hydrogen-bond acceptors (Lipinski definition) is 4. The molecule has 1 fully saturated rings. The van der Waals surface area contributed by atoms with E-state index in [9.17, 15) is 13.2 Å². The summed E-state index contributed by atoms with van der Waals surface area (Å²) in [5.41, 5.74) is 0.926. The van der Waals surface area contributed by atoms with Crippen molar-refractivity contribution in [3.63, 3.8) is 0 Å². The van der Waals surface area contributed by atoms with E-state index < -0.39 is 12.8 Å². The van der Waals surface area contributed by atoms with Crippen molar-refractivity contribution in [3.8, 4) is 5.75 Å². The van der Waals surface area contributed by atoms with E-state index in [0.29, 0.717) is 12.5 Å². The minimum Gasteiger partial charge on any atom is -0.484 e. The Labute approximate surface area is 187 Å². The van der Waals surface area contributed by atoms with E-state index in [1.807, 2.05) is 0 Å². The summed E-state index contributed by atoms with van der Waals surface area (Å²) in [6, 6.07) is 6.53. The van der Waals surface area contributed by atoms with Crippen LogP contribution >= 0.6 is 24.0 Å². The molecular formula is C19H30F3IN4O2. The number of alkyl halides is 3. The first-order chi connectivity index (χ1) is 13.5. The highest BCUT2D eigenvalue weighted by Gasteiger charge is 2.28. The maximum absolute atomic E-state index is 12.2. The predicted molar refractivity (Wildman–Crippen MR) is 118 cm³/mol. The monoisotopic (exact) mass is 530 g/mol. The lowest BCUT2D eigenvalue weighted by Gasteiger charge is -2.26. The number of benzene rings is 1. The molecule has 6 nitrogen and oxygen atoms in total. The molecule has 2 rings (SSSR count). The summed E-state index contributed by atoms with van der Waals surface area (Å²) in [4.78, 5) is 6.60. The number of nitrogens with one attached hydrogen (secondary N) is 2. The van der Waals surface area contributed by atoms with Crippen LogP contribution in [-0.2, 0) is 11.3 Å². The second-order valence-corrected chi connectivity index (χ2v) is 6.56. The van der Waals surface area contributed by atoms with Crippen molar-refractivity contribution in [1.82, 2.24) is 15.5 Å². The van der Waals surface area contributed by atoms with Gasteiger partial charge in [0, 0.05) is 33.2 Å². The number of guanidine groups is 1. The van der Waals surface area contributed by atoms with Crippen molar-refractivity contribution >= 4 is 29.9 Å². The van der Waals surface area contributed by atoms with Gasteiger partial charge in [-0.1, -0.05) is 12.1 Å². The lowest BCUT2D eigenvalue weighted by atomic mass is 10.2. The minimum absolute atomic E-state index is 0. The van der Waals surface area contributed by atoms with Crippen molar-refractivity contribution in [2.75, 3.05) is 53.0 Å². The molecule has 1 saturated heterocycles. The zero-order valence-electron chi connectivity index (χ0n) is 16.6. The Morgan fingerprint density at radius 1 is 1.14 bits per heavy atom. The van der Waals surface area contributed by atoms with Gasteiger partial charge in [-0.15, -0.1) is 24.0 Å². The first kappa shape index (κ1) is 25.8. The Kier molecular flexibility index (Phi) is 12.3. The van der Waals surface area contributed by atoms with Gasteiger partial charge in [0.15, 0.2) is 12.6 Å². The maximum atomic E-state index is 12.2. The quantitative estimate of drug-likeness (QED) is 0.223. The van der Waals surface area contributed by atoms with Gasteiger partial charge in [0.05, 0.1) is 13.2 Å². The van der Waals surface area contributed by atoms with Crippen LogP contribution in [0.1, 0.15) is 18.4 Å². The molecule has 10 heteroatoms. The predicted octanol–water partition coefficient (Wildman–Crippen LogP) is 3.02. The van der Waals surface area contributed by atoms with Crippen molar-refractivity contribution in [2.45, 2.75) is 25.6 Å². The SMILES string of the molecule is CN=C(NCCCCN1CCOCC1)NCc1ccc(OCC(F)(F)F)cc1.I. The van der Waals surface area contributed by atoms with Gasteiger partial charge in [-0.2, -0.15) is 13.2 Å². The van der Waals surface area contributed by atoms with Gasteiger partial charge < -0.3 is 20.1 Å². The first-order valence-electron chi connectivity index (χ1n) is 9.49. The Hall–Kier alpha value is -1.27. The normalized spacial score (nSPS) is 15.5. The van der Waals surface area contributed by atoms with E-state index in [1.54, 1.807) is 19.2 Å². The lowest BCUT2D eigenvalue weighted by molar-refractivity contribution is -0.153. The van der Waals surface area contributed by atoms with E-state index in [1.165, 1.54) is 12.1 Å². The fourth-order valence-corrected chi connectivity index (χ4v) is 2.77. The van der Waals surface area contributed by atoms with Crippen LogP contribution < -0.4 is 15.4 Å². The fourth-order valence-electron chi connectivity index (χ4n) is 2.77. The summed E-state index contributed by atoms with van der Waals surface area (Å²) in [5, 5.41) is 6.46. The van der Waals surface area contributed by atoms with E-state index in [-0.39, 0.29) is 29.7 Å². The summed E-state index contributed by atoms with van der Waals surface area (Å²) in [6.45, 7) is 4.82. The molecular weight excluding hydrogens is 500 g/mol. The van der Waals surface area contributed by atoms with Crippen molar-refractivity contribution in [2.24, 2.45) is 4.99 Å². The largest absolute Gasteiger partial charge is 0.484 e. The van der Waals surface area contributed by atoms with Gasteiger partial charge in [0.1, 0.15) is 5.75 Å². The number of aliphatic imine (C=N–C) groups is 1. The van der Waals surface area contributed by atoms with Crippen LogP contribution in [0, 0.1) is 0 Å². The lowest BCUT2D eigenvalue weighted by Crippen LogP contribution is -2.38. The third-order valence-electron chi connectivity index (χ3n) is 4.31. The molecule has 29 heavy (non-hydrogen) atoms. The molecule has 0 bridgehead atoms. The number of ether oxygens (including phenoxy) is 2. The number of morpholine rings is 1. The van der Waals surface area contributed by atoms with Crippen LogP contribution in [0.15, 0.2) is 29.3 Å². The highest BCUT2D eigenvalue weighted by atomic mass is 127. The van der Waals surface area contributed by atoms with Gasteiger partial charge in [-0.3, -0.25) is 9.89 Å². The highest BCUT2D eigenvalue weighted by molar-refractivity contribution is 14.0. The Morgan fingerprint density at radius 2 is 1.83 bits per heavy atom. The standard InChI is InChI=1S/C19H29F3N4O2.HI/c1-23-18(24-8-2-3-9-26-10-12-27-13-11-26)25-14-16-4-6-17(7-5-16)28-15-19(20,21)22;/h4-7H,2-3,8-15H2,1H3,(H2,23,24,25);1H. The Bertz CT molecular complexity index is 594. The third kappa shape index (κ3) is 11.5. The molecule has 1 aromatic rings. The number of nitrogens with zero attached hydrogens (tertiary/aromatic N) is 2. The van der Waals surface area contributed by atoms with Gasteiger partial charge in [0.25, 0.3) is 0 Å². The van der Waals surface area contributed by atoms with Crippen LogP contribution in [0.4, 0.5) is 13.2 Å². The molecule has 0 saturated carbocycles. The average molecular weight is 530 g/mol.